The third-order valence-corrected chi connectivity index (χ3v) is 3.49. The number of hydrogen-bond acceptors (Lipinski definition) is 1. The van der Waals surface area contributed by atoms with Gasteiger partial charge in [-0.25, -0.2) is 0 Å². The highest BCUT2D eigenvalue weighted by molar-refractivity contribution is 9.09. The van der Waals surface area contributed by atoms with Crippen molar-refractivity contribution in [2.24, 2.45) is 5.92 Å². The Bertz CT molecular complexity index is 184. The fourth-order valence-electron chi connectivity index (χ4n) is 1.92. The van der Waals surface area contributed by atoms with E-state index in [-0.39, 0.29) is 0 Å². The lowest BCUT2D eigenvalue weighted by Gasteiger charge is -2.15. The minimum absolute atomic E-state index is 0.371. The molecule has 3 heteroatoms. The van der Waals surface area contributed by atoms with E-state index in [0.29, 0.717) is 11.8 Å². The van der Waals surface area contributed by atoms with Crippen LogP contribution < -0.4 is 0 Å². The van der Waals surface area contributed by atoms with E-state index in [2.05, 4.69) is 22.9 Å². The maximum atomic E-state index is 11.5. The molecule has 1 heterocycles. The summed E-state index contributed by atoms with van der Waals surface area (Å²) in [7, 11) is 0. The Balaban J connectivity index is 2.15. The van der Waals surface area contributed by atoms with Crippen molar-refractivity contribution >= 4 is 21.8 Å². The fourth-order valence-corrected chi connectivity index (χ4v) is 2.31. The molecular formula is C11H20BrNO. The summed E-state index contributed by atoms with van der Waals surface area (Å²) in [4.78, 5) is 13.6. The second-order valence-corrected chi connectivity index (χ2v) is 4.86. The minimum Gasteiger partial charge on any atom is -0.342 e. The van der Waals surface area contributed by atoms with E-state index in [1.54, 1.807) is 0 Å². The number of amides is 1. The van der Waals surface area contributed by atoms with Gasteiger partial charge in [0.1, 0.15) is 0 Å². The average Bonchev–Trinajstić information content (AvgIpc) is 2.54. The molecule has 1 saturated heterocycles. The molecule has 1 amide bonds. The Hall–Kier alpha value is -0.0500. The monoisotopic (exact) mass is 261 g/mol. The quantitative estimate of drug-likeness (QED) is 0.532. The first-order valence-electron chi connectivity index (χ1n) is 5.61. The molecular weight excluding hydrogens is 242 g/mol. The number of hydrogen-bond donors (Lipinski definition) is 0. The highest BCUT2D eigenvalue weighted by Crippen LogP contribution is 2.20. The molecule has 1 unspecified atom stereocenters. The van der Waals surface area contributed by atoms with Crippen molar-refractivity contribution in [1.82, 2.24) is 4.90 Å². The molecule has 0 aromatic carbocycles. The molecule has 0 aromatic heterocycles. The summed E-state index contributed by atoms with van der Waals surface area (Å²) in [6.07, 6.45) is 5.54. The van der Waals surface area contributed by atoms with E-state index in [9.17, 15) is 4.79 Å². The Morgan fingerprint density at radius 1 is 1.43 bits per heavy atom. The third kappa shape index (κ3) is 3.60. The lowest BCUT2D eigenvalue weighted by molar-refractivity contribution is -0.127. The first-order valence-corrected chi connectivity index (χ1v) is 6.73. The van der Waals surface area contributed by atoms with Crippen LogP contribution in [0, 0.1) is 5.92 Å². The zero-order chi connectivity index (χ0) is 10.4. The van der Waals surface area contributed by atoms with Gasteiger partial charge in [0.2, 0.25) is 5.91 Å². The molecule has 1 aliphatic heterocycles. The van der Waals surface area contributed by atoms with Crippen molar-refractivity contribution in [2.45, 2.75) is 39.0 Å². The van der Waals surface area contributed by atoms with Crippen LogP contribution in [0.5, 0.6) is 0 Å². The highest BCUT2D eigenvalue weighted by atomic mass is 79.9. The van der Waals surface area contributed by atoms with Gasteiger partial charge >= 0.3 is 0 Å². The molecule has 0 N–H and O–H groups in total. The largest absolute Gasteiger partial charge is 0.342 e. The van der Waals surface area contributed by atoms with Crippen molar-refractivity contribution in [3.05, 3.63) is 0 Å². The first-order chi connectivity index (χ1) is 6.77. The Morgan fingerprint density at radius 3 is 2.79 bits per heavy atom. The van der Waals surface area contributed by atoms with Gasteiger partial charge in [0.15, 0.2) is 0 Å². The van der Waals surface area contributed by atoms with Crippen LogP contribution in [-0.2, 0) is 4.79 Å². The molecule has 1 atom stereocenters. The topological polar surface area (TPSA) is 20.3 Å². The van der Waals surface area contributed by atoms with Crippen molar-refractivity contribution in [3.8, 4) is 0 Å². The van der Waals surface area contributed by atoms with Crippen molar-refractivity contribution in [2.75, 3.05) is 18.4 Å². The summed E-state index contributed by atoms with van der Waals surface area (Å²) in [6.45, 7) is 4.15. The van der Waals surface area contributed by atoms with E-state index >= 15 is 0 Å². The van der Waals surface area contributed by atoms with Gasteiger partial charge in [0.25, 0.3) is 0 Å². The number of rotatable bonds is 6. The normalized spacial score (nSPS) is 22.0. The minimum atomic E-state index is 0.371. The van der Waals surface area contributed by atoms with Gasteiger partial charge in [-0.15, -0.1) is 0 Å². The van der Waals surface area contributed by atoms with E-state index in [1.807, 2.05) is 4.90 Å². The average molecular weight is 262 g/mol. The second-order valence-electron chi connectivity index (χ2n) is 4.07. The molecule has 1 rings (SSSR count). The fraction of sp³-hybridized carbons (Fsp3) is 0.909. The first kappa shape index (κ1) is 12.0. The van der Waals surface area contributed by atoms with Crippen LogP contribution in [-0.4, -0.2) is 29.2 Å². The van der Waals surface area contributed by atoms with Gasteiger partial charge in [-0.05, 0) is 18.8 Å². The summed E-state index contributed by atoms with van der Waals surface area (Å²) >= 11 is 3.42. The smallest absolute Gasteiger partial charge is 0.222 e. The standard InChI is InChI=1S/C11H20BrNO/c1-2-10-8-11(14)13(9-10)7-5-3-4-6-12/h10H,2-9H2,1H3. The van der Waals surface area contributed by atoms with Gasteiger partial charge in [-0.1, -0.05) is 35.7 Å². The number of unbranched alkanes of at least 4 members (excludes halogenated alkanes) is 2. The summed E-state index contributed by atoms with van der Waals surface area (Å²) in [5.74, 6) is 0.995. The van der Waals surface area contributed by atoms with Crippen LogP contribution in [0.25, 0.3) is 0 Å². The molecule has 2 nitrogen and oxygen atoms in total. The van der Waals surface area contributed by atoms with Crippen LogP contribution in [0.3, 0.4) is 0 Å². The number of halogens is 1. The number of nitrogens with zero attached hydrogens (tertiary/aromatic N) is 1. The van der Waals surface area contributed by atoms with Crippen molar-refractivity contribution in [1.29, 1.82) is 0 Å². The number of carbonyl (C=O) groups excluding carboxylic acids is 1. The highest BCUT2D eigenvalue weighted by Gasteiger charge is 2.27. The molecule has 0 radical (unpaired) electrons. The SMILES string of the molecule is CCC1CC(=O)N(CCCCCBr)C1. The molecule has 1 fully saturated rings. The van der Waals surface area contributed by atoms with Crippen LogP contribution in [0.2, 0.25) is 0 Å². The Labute approximate surface area is 95.2 Å². The van der Waals surface area contributed by atoms with E-state index in [1.165, 1.54) is 12.8 Å². The third-order valence-electron chi connectivity index (χ3n) is 2.93. The molecule has 0 saturated carbocycles. The van der Waals surface area contributed by atoms with Crippen LogP contribution in [0.15, 0.2) is 0 Å². The van der Waals surface area contributed by atoms with Gasteiger partial charge in [0.05, 0.1) is 0 Å². The summed E-state index contributed by atoms with van der Waals surface area (Å²) in [6, 6.07) is 0. The maximum absolute atomic E-state index is 11.5. The predicted octanol–water partition coefficient (Wildman–Crippen LogP) is 2.81. The molecule has 1 aliphatic rings. The maximum Gasteiger partial charge on any atom is 0.222 e. The molecule has 0 bridgehead atoms. The second kappa shape index (κ2) is 6.44. The number of likely N-dealkylation sites (tertiary alicyclic amines) is 1. The molecule has 82 valence electrons. The Kier molecular flexibility index (Phi) is 5.53. The van der Waals surface area contributed by atoms with Gasteiger partial charge in [-0.3, -0.25) is 4.79 Å². The zero-order valence-corrected chi connectivity index (χ0v) is 10.6. The molecule has 0 spiro atoms. The summed E-state index contributed by atoms with van der Waals surface area (Å²) < 4.78 is 0. The molecule has 14 heavy (non-hydrogen) atoms. The van der Waals surface area contributed by atoms with Crippen LogP contribution >= 0.6 is 15.9 Å². The van der Waals surface area contributed by atoms with Crippen molar-refractivity contribution in [3.63, 3.8) is 0 Å². The summed E-state index contributed by atoms with van der Waals surface area (Å²) in [5.41, 5.74) is 0. The predicted molar refractivity (Wildman–Crippen MR) is 62.6 cm³/mol. The number of carbonyl (C=O) groups is 1. The van der Waals surface area contributed by atoms with Crippen molar-refractivity contribution < 1.29 is 4.79 Å². The van der Waals surface area contributed by atoms with Gasteiger partial charge < -0.3 is 4.90 Å². The van der Waals surface area contributed by atoms with Gasteiger partial charge in [0, 0.05) is 24.8 Å². The Morgan fingerprint density at radius 2 is 2.21 bits per heavy atom. The summed E-state index contributed by atoms with van der Waals surface area (Å²) in [5, 5.41) is 1.08. The lowest BCUT2D eigenvalue weighted by Crippen LogP contribution is -2.26. The zero-order valence-electron chi connectivity index (χ0n) is 8.97. The molecule has 0 aromatic rings. The van der Waals surface area contributed by atoms with E-state index in [0.717, 1.165) is 37.7 Å². The van der Waals surface area contributed by atoms with Crippen LogP contribution in [0.4, 0.5) is 0 Å². The number of alkyl halides is 1. The van der Waals surface area contributed by atoms with Crippen LogP contribution in [0.1, 0.15) is 39.0 Å². The van der Waals surface area contributed by atoms with E-state index < -0.39 is 0 Å². The van der Waals surface area contributed by atoms with Gasteiger partial charge in [-0.2, -0.15) is 0 Å². The molecule has 0 aliphatic carbocycles. The lowest BCUT2D eigenvalue weighted by atomic mass is 10.1. The van der Waals surface area contributed by atoms with E-state index in [4.69, 9.17) is 0 Å².